The van der Waals surface area contributed by atoms with Crippen LogP contribution in [-0.4, -0.2) is 23.8 Å². The van der Waals surface area contributed by atoms with Gasteiger partial charge in [0.1, 0.15) is 0 Å². The molecule has 0 aliphatic rings. The molecule has 1 aromatic heterocycles. The van der Waals surface area contributed by atoms with Crippen molar-refractivity contribution >= 4 is 76.8 Å². The second-order valence-corrected chi connectivity index (χ2v) is 11.2. The van der Waals surface area contributed by atoms with Gasteiger partial charge in [0, 0.05) is 20.2 Å². The van der Waals surface area contributed by atoms with Gasteiger partial charge in [0.25, 0.3) is 0 Å². The van der Waals surface area contributed by atoms with Crippen LogP contribution < -0.4 is 5.46 Å². The lowest BCUT2D eigenvalue weighted by molar-refractivity contribution is -0.0893. The van der Waals surface area contributed by atoms with Crippen molar-refractivity contribution < 1.29 is 9.76 Å². The van der Waals surface area contributed by atoms with E-state index in [1.165, 1.54) is 52.5 Å². The number of fused-ring (bicyclic) bond motifs is 8. The molecule has 0 aliphatic heterocycles. The molecule has 0 aliphatic carbocycles. The standard InChI is InChI=1S/C30H26BO2S/c1-29(2,32)30(3,4)33-31-24-16-21-14-13-18-9-7-8-12-22(18)26(21)28-27(24)23-15-19-10-5-6-11-20(19)17-25(23)34-28/h5-17,32H,1-4H3. The van der Waals surface area contributed by atoms with Gasteiger partial charge in [-0.15, -0.1) is 11.3 Å². The van der Waals surface area contributed by atoms with Crippen LogP contribution in [0.3, 0.4) is 0 Å². The van der Waals surface area contributed by atoms with Crippen LogP contribution in [0.5, 0.6) is 0 Å². The van der Waals surface area contributed by atoms with Crippen LogP contribution >= 0.6 is 11.3 Å². The quantitative estimate of drug-likeness (QED) is 0.220. The van der Waals surface area contributed by atoms with Crippen LogP contribution in [0.25, 0.3) is 52.5 Å². The van der Waals surface area contributed by atoms with Gasteiger partial charge in [-0.05, 0) is 77.6 Å². The van der Waals surface area contributed by atoms with E-state index in [4.69, 9.17) is 4.65 Å². The molecule has 0 atom stereocenters. The van der Waals surface area contributed by atoms with E-state index < -0.39 is 11.2 Å². The van der Waals surface area contributed by atoms with Gasteiger partial charge in [-0.2, -0.15) is 0 Å². The van der Waals surface area contributed by atoms with Crippen molar-refractivity contribution in [1.29, 1.82) is 0 Å². The molecule has 1 N–H and O–H groups in total. The second-order valence-electron chi connectivity index (χ2n) is 10.2. The number of rotatable bonds is 4. The molecular weight excluding hydrogens is 435 g/mol. The summed E-state index contributed by atoms with van der Waals surface area (Å²) in [5.41, 5.74) is -0.685. The summed E-state index contributed by atoms with van der Waals surface area (Å²) in [6.07, 6.45) is 0. The van der Waals surface area contributed by atoms with Crippen LogP contribution in [0, 0.1) is 0 Å². The molecule has 6 rings (SSSR count). The Morgan fingerprint density at radius 3 is 2.09 bits per heavy atom. The van der Waals surface area contributed by atoms with Gasteiger partial charge < -0.3 is 9.76 Å². The van der Waals surface area contributed by atoms with E-state index in [1.807, 2.05) is 32.7 Å². The van der Waals surface area contributed by atoms with Crippen molar-refractivity contribution in [3.8, 4) is 0 Å². The molecule has 2 nitrogen and oxygen atoms in total. The fourth-order valence-electron chi connectivity index (χ4n) is 4.59. The van der Waals surface area contributed by atoms with Crippen LogP contribution in [-0.2, 0) is 4.65 Å². The minimum absolute atomic E-state index is 0.740. The molecular formula is C30H26BO2S. The summed E-state index contributed by atoms with van der Waals surface area (Å²) in [5.74, 6) is 0. The van der Waals surface area contributed by atoms with Crippen molar-refractivity contribution in [2.24, 2.45) is 0 Å². The van der Waals surface area contributed by atoms with Crippen molar-refractivity contribution in [3.63, 3.8) is 0 Å². The Hall–Kier alpha value is -2.92. The molecule has 34 heavy (non-hydrogen) atoms. The fraction of sp³-hybridized carbons (Fsp3) is 0.200. The van der Waals surface area contributed by atoms with E-state index in [0.29, 0.717) is 0 Å². The smallest absolute Gasteiger partial charge is 0.331 e. The summed E-state index contributed by atoms with van der Waals surface area (Å²) in [7, 11) is 1.84. The molecule has 0 saturated heterocycles. The molecule has 0 amide bonds. The second kappa shape index (κ2) is 7.54. The molecule has 4 heteroatoms. The summed E-state index contributed by atoms with van der Waals surface area (Å²) in [5, 5.41) is 20.6. The van der Waals surface area contributed by atoms with Crippen LogP contribution in [0.15, 0.2) is 78.9 Å². The largest absolute Gasteiger partial charge is 0.427 e. The van der Waals surface area contributed by atoms with Gasteiger partial charge in [0.05, 0.1) is 11.2 Å². The minimum Gasteiger partial charge on any atom is -0.427 e. The zero-order chi connectivity index (χ0) is 23.7. The van der Waals surface area contributed by atoms with E-state index >= 15 is 0 Å². The summed E-state index contributed by atoms with van der Waals surface area (Å²) in [6.45, 7) is 7.42. The molecule has 1 heterocycles. The van der Waals surface area contributed by atoms with E-state index in [0.717, 1.165) is 5.46 Å². The van der Waals surface area contributed by atoms with Gasteiger partial charge in [-0.1, -0.05) is 66.7 Å². The van der Waals surface area contributed by atoms with Crippen LogP contribution in [0.4, 0.5) is 0 Å². The molecule has 0 unspecified atom stereocenters. The molecule has 0 spiro atoms. The average molecular weight is 461 g/mol. The molecule has 0 bridgehead atoms. The summed E-state index contributed by atoms with van der Waals surface area (Å²) in [6, 6.07) is 28.4. The predicted octanol–water partition coefficient (Wildman–Crippen LogP) is 7.32. The third-order valence-electron chi connectivity index (χ3n) is 7.30. The predicted molar refractivity (Wildman–Crippen MR) is 149 cm³/mol. The van der Waals surface area contributed by atoms with Crippen molar-refractivity contribution in [2.75, 3.05) is 0 Å². The maximum atomic E-state index is 10.6. The van der Waals surface area contributed by atoms with Crippen LogP contribution in [0.2, 0.25) is 0 Å². The number of hydrogen-bond acceptors (Lipinski definition) is 3. The molecule has 5 aromatic carbocycles. The van der Waals surface area contributed by atoms with Crippen molar-refractivity contribution in [2.45, 2.75) is 38.9 Å². The first-order chi connectivity index (χ1) is 16.2. The van der Waals surface area contributed by atoms with E-state index in [2.05, 4.69) is 78.9 Å². The molecule has 1 radical (unpaired) electrons. The molecule has 0 fully saturated rings. The third kappa shape index (κ3) is 3.32. The Morgan fingerprint density at radius 2 is 1.35 bits per heavy atom. The molecule has 6 aromatic rings. The highest BCUT2D eigenvalue weighted by Gasteiger charge is 2.36. The molecule has 0 saturated carbocycles. The van der Waals surface area contributed by atoms with Gasteiger partial charge in [0.15, 0.2) is 0 Å². The zero-order valence-corrected chi connectivity index (χ0v) is 20.7. The highest BCUT2D eigenvalue weighted by molar-refractivity contribution is 7.27. The summed E-state index contributed by atoms with van der Waals surface area (Å²) >= 11 is 1.85. The summed E-state index contributed by atoms with van der Waals surface area (Å²) < 4.78 is 8.80. The Bertz CT molecular complexity index is 1720. The lowest BCUT2D eigenvalue weighted by atomic mass is 9.79. The zero-order valence-electron chi connectivity index (χ0n) is 19.8. The normalized spacial score (nSPS) is 13.0. The number of aliphatic hydroxyl groups is 1. The lowest BCUT2D eigenvalue weighted by Crippen LogP contribution is -2.49. The number of hydrogen-bond donors (Lipinski definition) is 1. The Morgan fingerprint density at radius 1 is 0.706 bits per heavy atom. The number of benzene rings is 5. The highest BCUT2D eigenvalue weighted by atomic mass is 32.1. The van der Waals surface area contributed by atoms with E-state index in [1.54, 1.807) is 13.8 Å². The van der Waals surface area contributed by atoms with E-state index in [-0.39, 0.29) is 0 Å². The lowest BCUT2D eigenvalue weighted by Gasteiger charge is -2.37. The average Bonchev–Trinajstić information content (AvgIpc) is 3.18. The van der Waals surface area contributed by atoms with Gasteiger partial charge in [0.2, 0.25) is 0 Å². The monoisotopic (exact) mass is 461 g/mol. The minimum atomic E-state index is -0.984. The molecule has 167 valence electrons. The number of thiophene rings is 1. The van der Waals surface area contributed by atoms with Crippen molar-refractivity contribution in [3.05, 3.63) is 78.9 Å². The fourth-order valence-corrected chi connectivity index (χ4v) is 5.93. The topological polar surface area (TPSA) is 29.5 Å². The van der Waals surface area contributed by atoms with Gasteiger partial charge >= 0.3 is 7.48 Å². The Balaban J connectivity index is 1.70. The Kier molecular flexibility index (Phi) is 4.79. The van der Waals surface area contributed by atoms with E-state index in [9.17, 15) is 5.11 Å². The highest BCUT2D eigenvalue weighted by Crippen LogP contribution is 2.41. The first kappa shape index (κ1) is 21.6. The van der Waals surface area contributed by atoms with Gasteiger partial charge in [-0.25, -0.2) is 0 Å². The van der Waals surface area contributed by atoms with Crippen molar-refractivity contribution in [1.82, 2.24) is 0 Å². The Labute approximate surface area is 204 Å². The van der Waals surface area contributed by atoms with Crippen LogP contribution in [0.1, 0.15) is 27.7 Å². The van der Waals surface area contributed by atoms with Gasteiger partial charge in [-0.3, -0.25) is 0 Å². The first-order valence-corrected chi connectivity index (χ1v) is 12.5. The maximum Gasteiger partial charge on any atom is 0.331 e. The maximum absolute atomic E-state index is 10.6. The summed E-state index contributed by atoms with van der Waals surface area (Å²) in [4.78, 5) is 0. The first-order valence-electron chi connectivity index (χ1n) is 11.7. The third-order valence-corrected chi connectivity index (χ3v) is 8.47. The SMILES string of the molecule is CC(C)(O)C(C)(C)O[B]c1cc2ccc3ccccc3c2c2sc3cc4ccccc4cc3c12.